The number of hydrogen-bond acceptors (Lipinski definition) is 2. The van der Waals surface area contributed by atoms with E-state index in [-0.39, 0.29) is 0 Å². The molecule has 0 N–H and O–H groups in total. The normalized spacial score (nSPS) is 14.9. The third-order valence-corrected chi connectivity index (χ3v) is 4.40. The van der Waals surface area contributed by atoms with Crippen LogP contribution in [0.5, 0.6) is 0 Å². The minimum absolute atomic E-state index is 0.378. The second-order valence-corrected chi connectivity index (χ2v) is 5.21. The highest BCUT2D eigenvalue weighted by Crippen LogP contribution is 2.29. The Balaban J connectivity index is 2.52. The van der Waals surface area contributed by atoms with Gasteiger partial charge in [-0.2, -0.15) is 10.2 Å². The summed E-state index contributed by atoms with van der Waals surface area (Å²) in [6.45, 7) is 4.37. The van der Waals surface area contributed by atoms with Crippen molar-refractivity contribution in [2.75, 3.05) is 0 Å². The summed E-state index contributed by atoms with van der Waals surface area (Å²) < 4.78 is 0. The molecule has 1 aromatic carbocycles. The zero-order valence-corrected chi connectivity index (χ0v) is 11.1. The van der Waals surface area contributed by atoms with E-state index in [2.05, 4.69) is 58.2 Å². The number of rotatable bonds is 3. The zero-order valence-electron chi connectivity index (χ0n) is 9.52. The Bertz CT molecular complexity index is 479. The first-order valence-corrected chi connectivity index (χ1v) is 6.50. The van der Waals surface area contributed by atoms with Gasteiger partial charge in [0.25, 0.3) is 0 Å². The van der Waals surface area contributed by atoms with E-state index in [9.17, 15) is 0 Å². The summed E-state index contributed by atoms with van der Waals surface area (Å²) in [6.07, 6.45) is 2.91. The second-order valence-electron chi connectivity index (χ2n) is 4.03. The third kappa shape index (κ3) is 2.09. The molecule has 2 atom stereocenters. The first-order valence-electron chi connectivity index (χ1n) is 5.58. The van der Waals surface area contributed by atoms with Crippen LogP contribution in [-0.4, -0.2) is 15.0 Å². The molecule has 2 nitrogen and oxygen atoms in total. The molecular weight excluding hydrogens is 264 g/mol. The standard InChI is InChI=1S/C13H15BrN2/c1-3-12(14)9(2)13-11-7-5-4-6-10(11)8-15-16-13/h4-9,12H,3H2,1-2H3. The van der Waals surface area contributed by atoms with Gasteiger partial charge in [-0.1, -0.05) is 54.0 Å². The topological polar surface area (TPSA) is 25.8 Å². The summed E-state index contributed by atoms with van der Waals surface area (Å²) >= 11 is 3.70. The molecule has 0 fully saturated rings. The van der Waals surface area contributed by atoms with Crippen LogP contribution in [0.1, 0.15) is 31.9 Å². The average molecular weight is 279 g/mol. The number of benzene rings is 1. The van der Waals surface area contributed by atoms with Crippen molar-refractivity contribution >= 4 is 26.7 Å². The van der Waals surface area contributed by atoms with Crippen LogP contribution in [0.3, 0.4) is 0 Å². The number of alkyl halides is 1. The van der Waals surface area contributed by atoms with Crippen LogP contribution in [0.25, 0.3) is 10.8 Å². The van der Waals surface area contributed by atoms with Gasteiger partial charge in [-0.3, -0.25) is 0 Å². The smallest absolute Gasteiger partial charge is 0.0748 e. The minimum atomic E-state index is 0.378. The largest absolute Gasteiger partial charge is 0.158 e. The molecule has 0 spiro atoms. The molecule has 84 valence electrons. The Hall–Kier alpha value is -0.960. The van der Waals surface area contributed by atoms with Gasteiger partial charge in [0.2, 0.25) is 0 Å². The highest BCUT2D eigenvalue weighted by molar-refractivity contribution is 9.09. The predicted molar refractivity (Wildman–Crippen MR) is 71.0 cm³/mol. The van der Waals surface area contributed by atoms with Gasteiger partial charge in [0.1, 0.15) is 0 Å². The van der Waals surface area contributed by atoms with Gasteiger partial charge in [0, 0.05) is 21.5 Å². The molecule has 1 aromatic heterocycles. The predicted octanol–water partition coefficient (Wildman–Crippen LogP) is 3.91. The number of fused-ring (bicyclic) bond motifs is 1. The average Bonchev–Trinajstić information content (AvgIpc) is 2.36. The first kappa shape index (κ1) is 11.5. The summed E-state index contributed by atoms with van der Waals surface area (Å²) in [5.74, 6) is 0.378. The maximum Gasteiger partial charge on any atom is 0.0748 e. The van der Waals surface area contributed by atoms with Gasteiger partial charge in [0.15, 0.2) is 0 Å². The van der Waals surface area contributed by atoms with Gasteiger partial charge in [-0.25, -0.2) is 0 Å². The van der Waals surface area contributed by atoms with E-state index in [1.807, 2.05) is 12.3 Å². The third-order valence-electron chi connectivity index (χ3n) is 2.96. The summed E-state index contributed by atoms with van der Waals surface area (Å²) in [7, 11) is 0. The van der Waals surface area contributed by atoms with Gasteiger partial charge < -0.3 is 0 Å². The van der Waals surface area contributed by atoms with Crippen molar-refractivity contribution in [2.24, 2.45) is 0 Å². The molecule has 0 aliphatic heterocycles. The van der Waals surface area contributed by atoms with E-state index in [4.69, 9.17) is 0 Å². The van der Waals surface area contributed by atoms with Crippen LogP contribution in [-0.2, 0) is 0 Å². The second kappa shape index (κ2) is 4.91. The van der Waals surface area contributed by atoms with E-state index in [0.29, 0.717) is 10.7 Å². The maximum absolute atomic E-state index is 4.30. The molecule has 3 heteroatoms. The molecular formula is C13H15BrN2. The van der Waals surface area contributed by atoms with E-state index in [0.717, 1.165) is 17.5 Å². The van der Waals surface area contributed by atoms with Crippen LogP contribution < -0.4 is 0 Å². The first-order chi connectivity index (χ1) is 7.74. The van der Waals surface area contributed by atoms with Crippen LogP contribution in [0.4, 0.5) is 0 Å². The van der Waals surface area contributed by atoms with Crippen molar-refractivity contribution in [3.63, 3.8) is 0 Å². The Morgan fingerprint density at radius 1 is 1.31 bits per heavy atom. The molecule has 2 unspecified atom stereocenters. The maximum atomic E-state index is 4.30. The fourth-order valence-corrected chi connectivity index (χ4v) is 2.16. The quantitative estimate of drug-likeness (QED) is 0.796. The highest BCUT2D eigenvalue weighted by atomic mass is 79.9. The summed E-state index contributed by atoms with van der Waals surface area (Å²) in [5.41, 5.74) is 1.09. The minimum Gasteiger partial charge on any atom is -0.158 e. The fraction of sp³-hybridized carbons (Fsp3) is 0.385. The summed E-state index contributed by atoms with van der Waals surface area (Å²) in [5, 5.41) is 10.7. The Morgan fingerprint density at radius 2 is 2.06 bits per heavy atom. The fourth-order valence-electron chi connectivity index (χ4n) is 1.91. The van der Waals surface area contributed by atoms with Crippen molar-refractivity contribution in [2.45, 2.75) is 31.0 Å². The lowest BCUT2D eigenvalue weighted by atomic mass is 9.97. The number of nitrogens with zero attached hydrogens (tertiary/aromatic N) is 2. The summed E-state index contributed by atoms with van der Waals surface area (Å²) in [6, 6.07) is 8.28. The molecule has 0 amide bonds. The van der Waals surface area contributed by atoms with Crippen molar-refractivity contribution in [1.82, 2.24) is 10.2 Å². The van der Waals surface area contributed by atoms with Crippen LogP contribution >= 0.6 is 15.9 Å². The van der Waals surface area contributed by atoms with Gasteiger partial charge >= 0.3 is 0 Å². The van der Waals surface area contributed by atoms with Gasteiger partial charge in [-0.15, -0.1) is 0 Å². The number of aromatic nitrogens is 2. The number of halogens is 1. The summed E-state index contributed by atoms with van der Waals surface area (Å²) in [4.78, 5) is 0.451. The van der Waals surface area contributed by atoms with Crippen molar-refractivity contribution < 1.29 is 0 Å². The lowest BCUT2D eigenvalue weighted by Gasteiger charge is -2.17. The molecule has 1 heterocycles. The molecule has 0 saturated heterocycles. The lowest BCUT2D eigenvalue weighted by molar-refractivity contribution is 0.669. The Morgan fingerprint density at radius 3 is 2.81 bits per heavy atom. The van der Waals surface area contributed by atoms with E-state index >= 15 is 0 Å². The molecule has 0 saturated carbocycles. The van der Waals surface area contributed by atoms with E-state index < -0.39 is 0 Å². The SMILES string of the molecule is CCC(Br)C(C)c1nncc2ccccc12. The Kier molecular flexibility index (Phi) is 3.54. The van der Waals surface area contributed by atoms with Crippen molar-refractivity contribution in [3.8, 4) is 0 Å². The molecule has 0 aliphatic rings. The molecule has 0 aliphatic carbocycles. The molecule has 0 radical (unpaired) electrons. The van der Waals surface area contributed by atoms with Crippen molar-refractivity contribution in [3.05, 3.63) is 36.2 Å². The molecule has 16 heavy (non-hydrogen) atoms. The lowest BCUT2D eigenvalue weighted by Crippen LogP contribution is -2.10. The molecule has 2 aromatic rings. The molecule has 2 rings (SSSR count). The van der Waals surface area contributed by atoms with Gasteiger partial charge in [0.05, 0.1) is 11.9 Å². The Labute approximate surface area is 104 Å². The number of hydrogen-bond donors (Lipinski definition) is 0. The van der Waals surface area contributed by atoms with E-state index in [1.165, 1.54) is 5.39 Å². The van der Waals surface area contributed by atoms with E-state index in [1.54, 1.807) is 0 Å². The van der Waals surface area contributed by atoms with Crippen LogP contribution in [0, 0.1) is 0 Å². The zero-order chi connectivity index (χ0) is 11.5. The highest BCUT2D eigenvalue weighted by Gasteiger charge is 2.18. The molecule has 0 bridgehead atoms. The monoisotopic (exact) mass is 278 g/mol. The van der Waals surface area contributed by atoms with Crippen LogP contribution in [0.2, 0.25) is 0 Å². The van der Waals surface area contributed by atoms with Crippen LogP contribution in [0.15, 0.2) is 30.5 Å². The van der Waals surface area contributed by atoms with Gasteiger partial charge in [-0.05, 0) is 6.42 Å². The van der Waals surface area contributed by atoms with Crippen molar-refractivity contribution in [1.29, 1.82) is 0 Å².